The fourth-order valence-electron chi connectivity index (χ4n) is 1.88. The summed E-state index contributed by atoms with van der Waals surface area (Å²) in [6.45, 7) is 4.09. The van der Waals surface area contributed by atoms with Crippen LogP contribution < -0.4 is 0 Å². The Morgan fingerprint density at radius 3 is 2.82 bits per heavy atom. The first kappa shape index (κ1) is 11.3. The van der Waals surface area contributed by atoms with Gasteiger partial charge in [-0.05, 0) is 31.6 Å². The molecule has 0 unspecified atom stereocenters. The molecule has 2 aliphatic heterocycles. The molecule has 0 fully saturated rings. The first-order chi connectivity index (χ1) is 7.97. The van der Waals surface area contributed by atoms with E-state index >= 15 is 0 Å². The van der Waals surface area contributed by atoms with E-state index in [9.17, 15) is 9.59 Å². The lowest BCUT2D eigenvalue weighted by Crippen LogP contribution is -2.38. The molecule has 0 spiro atoms. The maximum atomic E-state index is 11.6. The maximum absolute atomic E-state index is 11.6. The molecule has 88 valence electrons. The Labute approximate surface area is 98.4 Å². The third-order valence-corrected chi connectivity index (χ3v) is 2.61. The summed E-state index contributed by atoms with van der Waals surface area (Å²) < 4.78 is 0. The molecule has 2 aliphatic rings. The normalized spacial score (nSPS) is 21.8. The number of fused-ring (bicyclic) bond motifs is 1. The van der Waals surface area contributed by atoms with Crippen LogP contribution in [0.2, 0.25) is 0 Å². The van der Waals surface area contributed by atoms with Crippen molar-refractivity contribution in [3.63, 3.8) is 0 Å². The average Bonchev–Trinajstić information content (AvgIpc) is 2.19. The van der Waals surface area contributed by atoms with Gasteiger partial charge in [-0.25, -0.2) is 4.79 Å². The molecule has 17 heavy (non-hydrogen) atoms. The molecule has 0 aromatic rings. The Hall–Kier alpha value is -2.17. The van der Waals surface area contributed by atoms with Crippen molar-refractivity contribution in [2.24, 2.45) is 4.99 Å². The van der Waals surface area contributed by atoms with Gasteiger partial charge in [-0.2, -0.15) is 4.99 Å². The third kappa shape index (κ3) is 2.18. The van der Waals surface area contributed by atoms with Gasteiger partial charge in [0.2, 0.25) is 0 Å². The van der Waals surface area contributed by atoms with Crippen LogP contribution in [0.3, 0.4) is 0 Å². The second kappa shape index (κ2) is 4.01. The number of amidine groups is 1. The predicted molar refractivity (Wildman–Crippen MR) is 62.4 cm³/mol. The minimum atomic E-state index is -1.13. The maximum Gasteiger partial charge on any atom is 0.328 e. The summed E-state index contributed by atoms with van der Waals surface area (Å²) in [6, 6.07) is 0. The van der Waals surface area contributed by atoms with E-state index in [-0.39, 0.29) is 12.1 Å². The number of aliphatic imine (C=N–C) groups is 1. The zero-order chi connectivity index (χ0) is 12.6. The number of rotatable bonds is 1. The zero-order valence-electron chi connectivity index (χ0n) is 9.60. The number of aliphatic carboxylic acids is 1. The van der Waals surface area contributed by atoms with Gasteiger partial charge in [0.25, 0.3) is 5.91 Å². The van der Waals surface area contributed by atoms with Gasteiger partial charge < -0.3 is 10.0 Å². The summed E-state index contributed by atoms with van der Waals surface area (Å²) >= 11 is 0. The van der Waals surface area contributed by atoms with Crippen LogP contribution in [0.4, 0.5) is 0 Å². The van der Waals surface area contributed by atoms with Gasteiger partial charge in [-0.15, -0.1) is 0 Å². The number of allylic oxidation sites excluding steroid dienone is 3. The standard InChI is InChI=1S/C12H12N2O3/c1-7-3-8(2)14-6-9(5-11(15)16)12(17)13-10(14)4-7/h3-5H,6H2,1-2H3,(H,15,16)/b9-5-. The van der Waals surface area contributed by atoms with Crippen molar-refractivity contribution in [2.45, 2.75) is 13.8 Å². The second-order valence-electron chi connectivity index (χ2n) is 4.04. The van der Waals surface area contributed by atoms with Crippen molar-refractivity contribution < 1.29 is 14.7 Å². The Balaban J connectivity index is 2.41. The molecule has 2 rings (SSSR count). The van der Waals surface area contributed by atoms with Gasteiger partial charge in [0, 0.05) is 17.3 Å². The van der Waals surface area contributed by atoms with E-state index in [1.54, 1.807) is 0 Å². The van der Waals surface area contributed by atoms with Gasteiger partial charge in [-0.3, -0.25) is 4.79 Å². The monoisotopic (exact) mass is 232 g/mol. The fraction of sp³-hybridized carbons (Fsp3) is 0.250. The van der Waals surface area contributed by atoms with E-state index < -0.39 is 11.9 Å². The number of carbonyl (C=O) groups excluding carboxylic acids is 1. The van der Waals surface area contributed by atoms with Gasteiger partial charge in [0.1, 0.15) is 5.84 Å². The molecule has 0 bridgehead atoms. The summed E-state index contributed by atoms with van der Waals surface area (Å²) in [5.74, 6) is -1.02. The fourth-order valence-corrected chi connectivity index (χ4v) is 1.88. The zero-order valence-corrected chi connectivity index (χ0v) is 9.60. The van der Waals surface area contributed by atoms with E-state index in [1.165, 1.54) is 0 Å². The van der Waals surface area contributed by atoms with Crippen LogP contribution in [0, 0.1) is 0 Å². The molecule has 0 aromatic heterocycles. The highest BCUT2D eigenvalue weighted by Gasteiger charge is 2.26. The smallest absolute Gasteiger partial charge is 0.328 e. The van der Waals surface area contributed by atoms with E-state index in [0.717, 1.165) is 17.3 Å². The highest BCUT2D eigenvalue weighted by Crippen LogP contribution is 2.22. The number of carboxylic acid groups (broad SMARTS) is 1. The van der Waals surface area contributed by atoms with Crippen molar-refractivity contribution in [3.05, 3.63) is 35.1 Å². The van der Waals surface area contributed by atoms with E-state index in [2.05, 4.69) is 4.99 Å². The van der Waals surface area contributed by atoms with Crippen molar-refractivity contribution in [2.75, 3.05) is 6.54 Å². The highest BCUT2D eigenvalue weighted by atomic mass is 16.4. The molecule has 1 amide bonds. The van der Waals surface area contributed by atoms with Crippen LogP contribution in [-0.2, 0) is 9.59 Å². The first-order valence-electron chi connectivity index (χ1n) is 5.18. The summed E-state index contributed by atoms with van der Waals surface area (Å²) in [7, 11) is 0. The number of carboxylic acids is 1. The van der Waals surface area contributed by atoms with Crippen LogP contribution in [0.5, 0.6) is 0 Å². The van der Waals surface area contributed by atoms with Crippen molar-refractivity contribution in [3.8, 4) is 0 Å². The molecule has 0 saturated heterocycles. The summed E-state index contributed by atoms with van der Waals surface area (Å²) in [5.41, 5.74) is 2.17. The van der Waals surface area contributed by atoms with Gasteiger partial charge in [0.15, 0.2) is 0 Å². The molecule has 0 radical (unpaired) electrons. The Kier molecular flexibility index (Phi) is 2.67. The van der Waals surface area contributed by atoms with Crippen molar-refractivity contribution in [1.82, 2.24) is 4.90 Å². The summed E-state index contributed by atoms with van der Waals surface area (Å²) in [5, 5.41) is 8.67. The minimum Gasteiger partial charge on any atom is -0.478 e. The lowest BCUT2D eigenvalue weighted by molar-refractivity contribution is -0.131. The number of nitrogens with zero attached hydrogens (tertiary/aromatic N) is 2. The molecule has 1 N–H and O–H groups in total. The van der Waals surface area contributed by atoms with Gasteiger partial charge in [0.05, 0.1) is 6.54 Å². The number of carbonyl (C=O) groups is 2. The molecular weight excluding hydrogens is 220 g/mol. The largest absolute Gasteiger partial charge is 0.478 e. The predicted octanol–water partition coefficient (Wildman–Crippen LogP) is 1.10. The Morgan fingerprint density at radius 1 is 1.47 bits per heavy atom. The molecule has 0 aliphatic carbocycles. The number of hydrogen-bond donors (Lipinski definition) is 1. The van der Waals surface area contributed by atoms with Gasteiger partial charge >= 0.3 is 5.97 Å². The summed E-state index contributed by atoms with van der Waals surface area (Å²) in [6.07, 6.45) is 4.69. The molecule has 0 saturated carbocycles. The average molecular weight is 232 g/mol. The highest BCUT2D eigenvalue weighted by molar-refractivity contribution is 6.12. The number of amides is 1. The molecular formula is C12H12N2O3. The molecule has 0 aromatic carbocycles. The second-order valence-corrected chi connectivity index (χ2v) is 4.04. The van der Waals surface area contributed by atoms with E-state index in [4.69, 9.17) is 5.11 Å². The van der Waals surface area contributed by atoms with Crippen LogP contribution in [-0.4, -0.2) is 34.3 Å². The quantitative estimate of drug-likeness (QED) is 0.687. The molecule has 5 nitrogen and oxygen atoms in total. The SMILES string of the molecule is CC1=CC2=NC(=O)/C(=C\C(=O)O)CN2C(C)=C1. The minimum absolute atomic E-state index is 0.196. The lowest BCUT2D eigenvalue weighted by Gasteiger charge is -2.31. The summed E-state index contributed by atoms with van der Waals surface area (Å²) in [4.78, 5) is 27.9. The topological polar surface area (TPSA) is 70.0 Å². The molecule has 5 heteroatoms. The van der Waals surface area contributed by atoms with Crippen LogP contribution in [0.25, 0.3) is 0 Å². The van der Waals surface area contributed by atoms with Crippen LogP contribution >= 0.6 is 0 Å². The molecule has 0 atom stereocenters. The van der Waals surface area contributed by atoms with Gasteiger partial charge in [-0.1, -0.05) is 0 Å². The third-order valence-electron chi connectivity index (χ3n) is 2.61. The first-order valence-corrected chi connectivity index (χ1v) is 5.18. The van der Waals surface area contributed by atoms with E-state index in [0.29, 0.717) is 5.84 Å². The molecule has 2 heterocycles. The van der Waals surface area contributed by atoms with Crippen molar-refractivity contribution >= 4 is 17.7 Å². The Morgan fingerprint density at radius 2 is 2.18 bits per heavy atom. The van der Waals surface area contributed by atoms with E-state index in [1.807, 2.05) is 30.9 Å². The number of hydrogen-bond acceptors (Lipinski definition) is 3. The Bertz CT molecular complexity index is 524. The lowest BCUT2D eigenvalue weighted by atomic mass is 10.1. The van der Waals surface area contributed by atoms with Crippen LogP contribution in [0.1, 0.15) is 13.8 Å². The van der Waals surface area contributed by atoms with Crippen molar-refractivity contribution in [1.29, 1.82) is 0 Å². The van der Waals surface area contributed by atoms with Crippen LogP contribution in [0.15, 0.2) is 40.1 Å².